The summed E-state index contributed by atoms with van der Waals surface area (Å²) in [6, 6.07) is 3.77. The van der Waals surface area contributed by atoms with Gasteiger partial charge in [-0.05, 0) is 31.9 Å². The molecular weight excluding hydrogens is 228 g/mol. The average Bonchev–Trinajstić information content (AvgIpc) is 2.95. The van der Waals surface area contributed by atoms with E-state index in [-0.39, 0.29) is 11.9 Å². The molecule has 1 atom stereocenters. The van der Waals surface area contributed by atoms with Crippen LogP contribution in [0.3, 0.4) is 0 Å². The molecule has 1 amide bonds. The lowest BCUT2D eigenvalue weighted by atomic mass is 10.2. The second kappa shape index (κ2) is 4.01. The number of carbonyl (C=O) groups is 1. The number of aromatic nitrogens is 2. The number of fused-ring (bicyclic) bond motifs is 1. The Morgan fingerprint density at radius 2 is 2.39 bits per heavy atom. The number of aryl methyl sites for hydroxylation is 1. The lowest BCUT2D eigenvalue weighted by Gasteiger charge is -2.24. The van der Waals surface area contributed by atoms with E-state index >= 15 is 0 Å². The molecule has 0 saturated carbocycles. The Balaban J connectivity index is 2.13. The predicted octanol–water partition coefficient (Wildman–Crippen LogP) is 1.10. The molecular formula is C13H16N4O. The molecule has 1 fully saturated rings. The van der Waals surface area contributed by atoms with E-state index < -0.39 is 0 Å². The molecule has 94 valence electrons. The van der Waals surface area contributed by atoms with Crippen molar-refractivity contribution >= 4 is 17.2 Å². The number of hydrogen-bond acceptors (Lipinski definition) is 3. The van der Waals surface area contributed by atoms with Crippen LogP contribution in [-0.4, -0.2) is 27.9 Å². The zero-order chi connectivity index (χ0) is 12.7. The van der Waals surface area contributed by atoms with Crippen molar-refractivity contribution in [2.45, 2.75) is 25.8 Å². The summed E-state index contributed by atoms with van der Waals surface area (Å²) in [6.45, 7) is 2.79. The van der Waals surface area contributed by atoms with Gasteiger partial charge in [-0.3, -0.25) is 4.79 Å². The molecule has 0 aliphatic carbocycles. The minimum absolute atomic E-state index is 0.224. The van der Waals surface area contributed by atoms with Crippen molar-refractivity contribution in [2.24, 2.45) is 5.73 Å². The Morgan fingerprint density at radius 3 is 3.17 bits per heavy atom. The molecule has 5 heteroatoms. The quantitative estimate of drug-likeness (QED) is 0.860. The minimum Gasteiger partial charge on any atom is -0.368 e. The van der Waals surface area contributed by atoms with Crippen LogP contribution in [0.15, 0.2) is 24.5 Å². The smallest absolute Gasteiger partial charge is 0.240 e. The second-order valence-corrected chi connectivity index (χ2v) is 4.76. The highest BCUT2D eigenvalue weighted by atomic mass is 16.1. The van der Waals surface area contributed by atoms with Crippen LogP contribution in [0.4, 0.5) is 5.82 Å². The number of carbonyl (C=O) groups excluding carboxylic acids is 1. The van der Waals surface area contributed by atoms with Crippen LogP contribution < -0.4 is 10.6 Å². The highest BCUT2D eigenvalue weighted by Crippen LogP contribution is 2.28. The Hall–Kier alpha value is -2.04. The average molecular weight is 244 g/mol. The monoisotopic (exact) mass is 244 g/mol. The number of rotatable bonds is 2. The van der Waals surface area contributed by atoms with E-state index in [0.717, 1.165) is 36.4 Å². The fraction of sp³-hybridized carbons (Fsp3) is 0.385. The Bertz CT molecular complexity index is 604. The van der Waals surface area contributed by atoms with Crippen LogP contribution in [-0.2, 0) is 4.79 Å². The first-order chi connectivity index (χ1) is 8.66. The first kappa shape index (κ1) is 11.1. The normalized spacial score (nSPS) is 19.6. The van der Waals surface area contributed by atoms with Gasteiger partial charge in [-0.2, -0.15) is 0 Å². The van der Waals surface area contributed by atoms with Gasteiger partial charge < -0.3 is 15.0 Å². The highest BCUT2D eigenvalue weighted by molar-refractivity contribution is 5.86. The Labute approximate surface area is 105 Å². The van der Waals surface area contributed by atoms with Gasteiger partial charge in [0.1, 0.15) is 6.04 Å². The fourth-order valence-corrected chi connectivity index (χ4v) is 2.68. The molecule has 5 nitrogen and oxygen atoms in total. The van der Waals surface area contributed by atoms with Crippen molar-refractivity contribution in [1.82, 2.24) is 9.38 Å². The minimum atomic E-state index is -0.263. The third-order valence-corrected chi connectivity index (χ3v) is 3.47. The topological polar surface area (TPSA) is 63.6 Å². The van der Waals surface area contributed by atoms with Gasteiger partial charge >= 0.3 is 0 Å². The molecule has 18 heavy (non-hydrogen) atoms. The molecule has 0 radical (unpaired) electrons. The first-order valence-electron chi connectivity index (χ1n) is 6.17. The molecule has 0 bridgehead atoms. The van der Waals surface area contributed by atoms with Crippen molar-refractivity contribution in [3.05, 3.63) is 30.2 Å². The van der Waals surface area contributed by atoms with Crippen LogP contribution in [0.2, 0.25) is 0 Å². The zero-order valence-corrected chi connectivity index (χ0v) is 10.3. The third kappa shape index (κ3) is 1.63. The zero-order valence-electron chi connectivity index (χ0n) is 10.3. The summed E-state index contributed by atoms with van der Waals surface area (Å²) in [5.74, 6) is 0.599. The van der Waals surface area contributed by atoms with Crippen LogP contribution in [0, 0.1) is 6.92 Å². The van der Waals surface area contributed by atoms with Crippen LogP contribution in [0.25, 0.3) is 5.52 Å². The van der Waals surface area contributed by atoms with E-state index in [1.165, 1.54) is 0 Å². The largest absolute Gasteiger partial charge is 0.368 e. The fourth-order valence-electron chi connectivity index (χ4n) is 2.68. The molecule has 2 aromatic rings. The van der Waals surface area contributed by atoms with E-state index in [1.807, 2.05) is 40.8 Å². The number of nitrogens with two attached hydrogens (primary N) is 1. The molecule has 0 spiro atoms. The van der Waals surface area contributed by atoms with Gasteiger partial charge in [0.15, 0.2) is 5.82 Å². The molecule has 0 aromatic carbocycles. The molecule has 2 aromatic heterocycles. The van der Waals surface area contributed by atoms with Gasteiger partial charge in [0, 0.05) is 18.9 Å². The molecule has 1 saturated heterocycles. The lowest BCUT2D eigenvalue weighted by molar-refractivity contribution is -0.119. The van der Waals surface area contributed by atoms with Crippen molar-refractivity contribution in [1.29, 1.82) is 0 Å². The molecule has 3 rings (SSSR count). The van der Waals surface area contributed by atoms with Gasteiger partial charge in [-0.1, -0.05) is 0 Å². The Morgan fingerprint density at radius 1 is 1.56 bits per heavy atom. The standard InChI is InChI=1S/C13H16N4O/c1-9-8-16-6-2-5-11(16)13(15-9)17-7-3-4-10(17)12(14)18/h2,5-6,8,10H,3-4,7H2,1H3,(H2,14,18). The number of nitrogens with zero attached hydrogens (tertiary/aromatic N) is 3. The van der Waals surface area contributed by atoms with Crippen molar-refractivity contribution in [3.63, 3.8) is 0 Å². The van der Waals surface area contributed by atoms with E-state index in [0.29, 0.717) is 0 Å². The SMILES string of the molecule is Cc1cn2cccc2c(N2CCCC2C(N)=O)n1. The van der Waals surface area contributed by atoms with Gasteiger partial charge in [-0.25, -0.2) is 4.98 Å². The molecule has 1 aliphatic rings. The molecule has 3 heterocycles. The van der Waals surface area contributed by atoms with E-state index in [4.69, 9.17) is 5.73 Å². The number of amides is 1. The predicted molar refractivity (Wildman–Crippen MR) is 69.5 cm³/mol. The summed E-state index contributed by atoms with van der Waals surface area (Å²) < 4.78 is 2.04. The maximum atomic E-state index is 11.5. The van der Waals surface area contributed by atoms with Gasteiger partial charge in [-0.15, -0.1) is 0 Å². The van der Waals surface area contributed by atoms with Crippen molar-refractivity contribution in [2.75, 3.05) is 11.4 Å². The van der Waals surface area contributed by atoms with Crippen LogP contribution >= 0.6 is 0 Å². The molecule has 2 N–H and O–H groups in total. The summed E-state index contributed by atoms with van der Waals surface area (Å²) >= 11 is 0. The van der Waals surface area contributed by atoms with E-state index in [2.05, 4.69) is 4.98 Å². The molecule has 1 unspecified atom stereocenters. The summed E-state index contributed by atoms with van der Waals surface area (Å²) in [5.41, 5.74) is 7.42. The maximum absolute atomic E-state index is 11.5. The van der Waals surface area contributed by atoms with Crippen molar-refractivity contribution in [3.8, 4) is 0 Å². The Kier molecular flexibility index (Phi) is 2.47. The van der Waals surface area contributed by atoms with Crippen LogP contribution in [0.1, 0.15) is 18.5 Å². The molecule has 1 aliphatic heterocycles. The van der Waals surface area contributed by atoms with E-state index in [1.54, 1.807) is 0 Å². The lowest BCUT2D eigenvalue weighted by Crippen LogP contribution is -2.41. The second-order valence-electron chi connectivity index (χ2n) is 4.76. The summed E-state index contributed by atoms with van der Waals surface area (Å²) in [4.78, 5) is 18.1. The van der Waals surface area contributed by atoms with Gasteiger partial charge in [0.05, 0.1) is 11.2 Å². The van der Waals surface area contributed by atoms with Gasteiger partial charge in [0.2, 0.25) is 5.91 Å². The summed E-state index contributed by atoms with van der Waals surface area (Å²) in [7, 11) is 0. The number of primary amides is 1. The number of hydrogen-bond donors (Lipinski definition) is 1. The van der Waals surface area contributed by atoms with Crippen molar-refractivity contribution < 1.29 is 4.79 Å². The van der Waals surface area contributed by atoms with Crippen LogP contribution in [0.5, 0.6) is 0 Å². The summed E-state index contributed by atoms with van der Waals surface area (Å²) in [6.07, 6.45) is 5.77. The van der Waals surface area contributed by atoms with Gasteiger partial charge in [0.25, 0.3) is 0 Å². The first-order valence-corrected chi connectivity index (χ1v) is 6.17. The highest BCUT2D eigenvalue weighted by Gasteiger charge is 2.31. The third-order valence-electron chi connectivity index (χ3n) is 3.47. The van der Waals surface area contributed by atoms with E-state index in [9.17, 15) is 4.79 Å². The summed E-state index contributed by atoms with van der Waals surface area (Å²) in [5, 5.41) is 0. The maximum Gasteiger partial charge on any atom is 0.240 e. The number of anilines is 1.